The number of hydrogen-bond donors (Lipinski definition) is 2. The van der Waals surface area contributed by atoms with Crippen LogP contribution in [0.1, 0.15) is 15.9 Å². The molecule has 0 bridgehead atoms. The van der Waals surface area contributed by atoms with Crippen LogP contribution < -0.4 is 5.43 Å². The van der Waals surface area contributed by atoms with Crippen molar-refractivity contribution in [2.24, 2.45) is 5.10 Å². The number of hydrazone groups is 1. The molecular formula is C13H10BrN3O2. The first-order chi connectivity index (χ1) is 9.16. The fraction of sp³-hybridized carbons (Fsp3) is 0. The van der Waals surface area contributed by atoms with Gasteiger partial charge in [0, 0.05) is 22.4 Å². The number of phenols is 1. The first-order valence-corrected chi connectivity index (χ1v) is 6.18. The molecule has 0 fully saturated rings. The molecule has 0 saturated carbocycles. The Balaban J connectivity index is 2.04. The van der Waals surface area contributed by atoms with Crippen molar-refractivity contribution in [3.63, 3.8) is 0 Å². The molecule has 2 rings (SSSR count). The van der Waals surface area contributed by atoms with Crippen LogP contribution in [0.5, 0.6) is 5.75 Å². The van der Waals surface area contributed by atoms with Gasteiger partial charge < -0.3 is 5.11 Å². The molecule has 0 unspecified atom stereocenters. The summed E-state index contributed by atoms with van der Waals surface area (Å²) in [5, 5.41) is 13.2. The Morgan fingerprint density at radius 1 is 1.42 bits per heavy atom. The molecule has 0 aliphatic carbocycles. The highest BCUT2D eigenvalue weighted by Gasteiger charge is 2.03. The van der Waals surface area contributed by atoms with Gasteiger partial charge in [0.25, 0.3) is 5.91 Å². The van der Waals surface area contributed by atoms with Crippen LogP contribution in [0.4, 0.5) is 0 Å². The number of carbonyl (C=O) groups excluding carboxylic acids is 1. The molecule has 0 spiro atoms. The Labute approximate surface area is 118 Å². The lowest BCUT2D eigenvalue weighted by Gasteiger charge is -2.00. The minimum atomic E-state index is -0.347. The standard InChI is InChI=1S/C13H10BrN3O2/c14-12-4-3-11(18)6-10(12)8-16-17-13(19)9-2-1-5-15-7-9/h1-8,18H,(H,17,19). The van der Waals surface area contributed by atoms with E-state index in [1.807, 2.05) is 0 Å². The molecule has 2 aromatic rings. The summed E-state index contributed by atoms with van der Waals surface area (Å²) in [7, 11) is 0. The minimum Gasteiger partial charge on any atom is -0.508 e. The van der Waals surface area contributed by atoms with Gasteiger partial charge in [-0.3, -0.25) is 9.78 Å². The molecule has 1 aromatic carbocycles. The zero-order chi connectivity index (χ0) is 13.7. The molecule has 96 valence electrons. The average molecular weight is 320 g/mol. The summed E-state index contributed by atoms with van der Waals surface area (Å²) in [6.07, 6.45) is 4.48. The van der Waals surface area contributed by atoms with Crippen molar-refractivity contribution >= 4 is 28.1 Å². The number of nitrogens with zero attached hydrogens (tertiary/aromatic N) is 2. The first-order valence-electron chi connectivity index (χ1n) is 5.39. The molecular weight excluding hydrogens is 310 g/mol. The van der Waals surface area contributed by atoms with Gasteiger partial charge in [-0.25, -0.2) is 5.43 Å². The number of nitrogens with one attached hydrogen (secondary N) is 1. The summed E-state index contributed by atoms with van der Waals surface area (Å²) in [4.78, 5) is 15.5. The van der Waals surface area contributed by atoms with Crippen molar-refractivity contribution < 1.29 is 9.90 Å². The average Bonchev–Trinajstić information content (AvgIpc) is 2.43. The predicted octanol–water partition coefficient (Wildman–Crippen LogP) is 2.31. The summed E-state index contributed by atoms with van der Waals surface area (Å²) in [6, 6.07) is 8.09. The van der Waals surface area contributed by atoms with Crippen LogP contribution in [0.2, 0.25) is 0 Å². The number of rotatable bonds is 3. The van der Waals surface area contributed by atoms with Crippen molar-refractivity contribution in [3.8, 4) is 5.75 Å². The number of phenolic OH excluding ortho intramolecular Hbond substituents is 1. The Bertz CT molecular complexity index is 615. The number of carbonyl (C=O) groups is 1. The molecule has 1 amide bonds. The zero-order valence-electron chi connectivity index (χ0n) is 9.75. The predicted molar refractivity (Wildman–Crippen MR) is 75.1 cm³/mol. The van der Waals surface area contributed by atoms with Crippen molar-refractivity contribution in [3.05, 3.63) is 58.3 Å². The fourth-order valence-corrected chi connectivity index (χ4v) is 1.70. The largest absolute Gasteiger partial charge is 0.508 e. The van der Waals surface area contributed by atoms with Gasteiger partial charge in [-0.1, -0.05) is 15.9 Å². The van der Waals surface area contributed by atoms with Crippen molar-refractivity contribution in [2.75, 3.05) is 0 Å². The lowest BCUT2D eigenvalue weighted by atomic mass is 10.2. The summed E-state index contributed by atoms with van der Waals surface area (Å²) in [6.45, 7) is 0. The van der Waals surface area contributed by atoms with E-state index in [1.54, 1.807) is 30.5 Å². The molecule has 0 aliphatic rings. The van der Waals surface area contributed by atoms with E-state index < -0.39 is 0 Å². The molecule has 6 heteroatoms. The Morgan fingerprint density at radius 2 is 2.26 bits per heavy atom. The summed E-state index contributed by atoms with van der Waals surface area (Å²) in [5.41, 5.74) is 3.47. The van der Waals surface area contributed by atoms with Crippen LogP contribution in [0, 0.1) is 0 Å². The molecule has 1 aromatic heterocycles. The molecule has 0 radical (unpaired) electrons. The van der Waals surface area contributed by atoms with E-state index in [9.17, 15) is 9.90 Å². The topological polar surface area (TPSA) is 74.6 Å². The summed E-state index contributed by atoms with van der Waals surface area (Å²) >= 11 is 3.32. The van der Waals surface area contributed by atoms with E-state index in [0.29, 0.717) is 11.1 Å². The van der Waals surface area contributed by atoms with E-state index in [4.69, 9.17) is 0 Å². The Morgan fingerprint density at radius 3 is 3.00 bits per heavy atom. The number of hydrogen-bond acceptors (Lipinski definition) is 4. The first kappa shape index (κ1) is 13.2. The van der Waals surface area contributed by atoms with E-state index >= 15 is 0 Å². The molecule has 1 heterocycles. The van der Waals surface area contributed by atoms with Crippen LogP contribution in [0.25, 0.3) is 0 Å². The van der Waals surface area contributed by atoms with Crippen molar-refractivity contribution in [1.82, 2.24) is 10.4 Å². The molecule has 2 N–H and O–H groups in total. The van der Waals surface area contributed by atoms with Gasteiger partial charge in [-0.2, -0.15) is 5.10 Å². The number of aromatic nitrogens is 1. The minimum absolute atomic E-state index is 0.128. The van der Waals surface area contributed by atoms with Crippen molar-refractivity contribution in [1.29, 1.82) is 0 Å². The number of benzene rings is 1. The second-order valence-corrected chi connectivity index (χ2v) is 4.50. The van der Waals surface area contributed by atoms with Gasteiger partial charge in [0.15, 0.2) is 0 Å². The second kappa shape index (κ2) is 6.10. The Hall–Kier alpha value is -2.21. The lowest BCUT2D eigenvalue weighted by molar-refractivity contribution is 0.0955. The number of halogens is 1. The highest BCUT2D eigenvalue weighted by Crippen LogP contribution is 2.19. The summed E-state index contributed by atoms with van der Waals surface area (Å²) < 4.78 is 0.768. The number of pyridine rings is 1. The third kappa shape index (κ3) is 3.62. The van der Waals surface area contributed by atoms with Gasteiger partial charge in [-0.15, -0.1) is 0 Å². The van der Waals surface area contributed by atoms with Crippen LogP contribution >= 0.6 is 15.9 Å². The molecule has 0 aliphatic heterocycles. The van der Waals surface area contributed by atoms with Gasteiger partial charge in [-0.05, 0) is 30.3 Å². The quantitative estimate of drug-likeness (QED) is 0.673. The van der Waals surface area contributed by atoms with Crippen LogP contribution in [0.3, 0.4) is 0 Å². The SMILES string of the molecule is O=C(NN=Cc1cc(O)ccc1Br)c1cccnc1. The third-order valence-electron chi connectivity index (χ3n) is 2.27. The van der Waals surface area contributed by atoms with Gasteiger partial charge in [0.1, 0.15) is 5.75 Å². The zero-order valence-corrected chi connectivity index (χ0v) is 11.3. The maximum Gasteiger partial charge on any atom is 0.272 e. The molecule has 5 nitrogen and oxygen atoms in total. The monoisotopic (exact) mass is 319 g/mol. The van der Waals surface area contributed by atoms with E-state index in [1.165, 1.54) is 18.5 Å². The summed E-state index contributed by atoms with van der Waals surface area (Å²) in [5.74, 6) is -0.219. The second-order valence-electron chi connectivity index (χ2n) is 3.65. The third-order valence-corrected chi connectivity index (χ3v) is 3.00. The van der Waals surface area contributed by atoms with Gasteiger partial charge in [0.05, 0.1) is 11.8 Å². The highest BCUT2D eigenvalue weighted by molar-refractivity contribution is 9.10. The normalized spacial score (nSPS) is 10.6. The number of amides is 1. The van der Waals surface area contributed by atoms with Crippen LogP contribution in [-0.4, -0.2) is 22.2 Å². The lowest BCUT2D eigenvalue weighted by Crippen LogP contribution is -2.17. The smallest absolute Gasteiger partial charge is 0.272 e. The van der Waals surface area contributed by atoms with Gasteiger partial charge >= 0.3 is 0 Å². The van der Waals surface area contributed by atoms with E-state index in [2.05, 4.69) is 31.4 Å². The molecule has 0 atom stereocenters. The molecule has 19 heavy (non-hydrogen) atoms. The van der Waals surface area contributed by atoms with Gasteiger partial charge in [0.2, 0.25) is 0 Å². The van der Waals surface area contributed by atoms with Crippen LogP contribution in [-0.2, 0) is 0 Å². The van der Waals surface area contributed by atoms with Crippen LogP contribution in [0.15, 0.2) is 52.3 Å². The van der Waals surface area contributed by atoms with Crippen molar-refractivity contribution in [2.45, 2.75) is 0 Å². The van der Waals surface area contributed by atoms with E-state index in [-0.39, 0.29) is 11.7 Å². The maximum atomic E-state index is 11.7. The maximum absolute atomic E-state index is 11.7. The Kier molecular flexibility index (Phi) is 4.25. The molecule has 0 saturated heterocycles. The number of aromatic hydroxyl groups is 1. The highest BCUT2D eigenvalue weighted by atomic mass is 79.9. The fourth-order valence-electron chi connectivity index (χ4n) is 1.35. The van der Waals surface area contributed by atoms with E-state index in [0.717, 1.165) is 4.47 Å².